The molecule has 0 saturated heterocycles. The zero-order valence-corrected chi connectivity index (χ0v) is 12.6. The predicted octanol–water partition coefficient (Wildman–Crippen LogP) is 4.40. The summed E-state index contributed by atoms with van der Waals surface area (Å²) in [5, 5.41) is 0. The third kappa shape index (κ3) is 15.1. The maximum atomic E-state index is 10.4. The van der Waals surface area contributed by atoms with Gasteiger partial charge >= 0.3 is 0 Å². The lowest BCUT2D eigenvalue weighted by Gasteiger charge is -1.92. The van der Waals surface area contributed by atoms with E-state index in [0.717, 1.165) is 0 Å². The Kier molecular flexibility index (Phi) is 19.1. The van der Waals surface area contributed by atoms with Crippen LogP contribution in [0, 0.1) is 0 Å². The first-order valence-corrected chi connectivity index (χ1v) is 7.48. The summed E-state index contributed by atoms with van der Waals surface area (Å²) in [4.78, 5) is -0.0741. The quantitative estimate of drug-likeness (QED) is 0.763. The normalized spacial score (nSPS) is 8.41. The van der Waals surface area contributed by atoms with Crippen LogP contribution in [0.2, 0.25) is 0 Å². The average Bonchev–Trinajstić information content (AvgIpc) is 2.35. The lowest BCUT2D eigenvalue weighted by Crippen LogP contribution is -1.96. The van der Waals surface area contributed by atoms with Crippen molar-refractivity contribution in [2.24, 2.45) is 0 Å². The molecule has 17 heavy (non-hydrogen) atoms. The summed E-state index contributed by atoms with van der Waals surface area (Å²) in [5.41, 5.74) is 0. The van der Waals surface area contributed by atoms with Crippen molar-refractivity contribution in [3.8, 4) is 0 Å². The van der Waals surface area contributed by atoms with Gasteiger partial charge in [0.2, 0.25) is 0 Å². The van der Waals surface area contributed by atoms with E-state index in [9.17, 15) is 8.42 Å². The van der Waals surface area contributed by atoms with E-state index in [-0.39, 0.29) is 4.90 Å². The van der Waals surface area contributed by atoms with Crippen molar-refractivity contribution >= 4 is 10.1 Å². The lowest BCUT2D eigenvalue weighted by atomic mass is 10.4. The van der Waals surface area contributed by atoms with Crippen LogP contribution in [0.3, 0.4) is 0 Å². The Morgan fingerprint density at radius 2 is 1.24 bits per heavy atom. The Balaban J connectivity index is -0.000000239. The van der Waals surface area contributed by atoms with Gasteiger partial charge in [-0.1, -0.05) is 66.2 Å². The highest BCUT2D eigenvalue weighted by Gasteiger charge is 2.05. The molecule has 1 rings (SSSR count). The standard InChI is InChI=1S/C6H6O3S.C3H8.2C2H6/c7-10(8,9)6-4-2-1-3-5-6;1-3-2;2*1-2/h1-5H,(H,7,8,9);3H2,1-2H3;2*1-2H3. The highest BCUT2D eigenvalue weighted by Crippen LogP contribution is 2.05. The zero-order valence-electron chi connectivity index (χ0n) is 11.8. The molecule has 4 heteroatoms. The van der Waals surface area contributed by atoms with Crippen molar-refractivity contribution in [3.05, 3.63) is 30.3 Å². The molecule has 0 aliphatic heterocycles. The number of benzene rings is 1. The van der Waals surface area contributed by atoms with Gasteiger partial charge in [0, 0.05) is 0 Å². The van der Waals surface area contributed by atoms with Gasteiger partial charge in [-0.05, 0) is 12.1 Å². The number of hydrogen-bond donors (Lipinski definition) is 1. The van der Waals surface area contributed by atoms with Crippen molar-refractivity contribution in [2.75, 3.05) is 0 Å². The Morgan fingerprint density at radius 3 is 1.41 bits per heavy atom. The topological polar surface area (TPSA) is 54.4 Å². The third-order valence-electron chi connectivity index (χ3n) is 1.04. The predicted molar refractivity (Wildman–Crippen MR) is 74.9 cm³/mol. The second-order valence-electron chi connectivity index (χ2n) is 2.50. The van der Waals surface area contributed by atoms with Crippen molar-refractivity contribution in [2.45, 2.75) is 52.9 Å². The van der Waals surface area contributed by atoms with E-state index in [4.69, 9.17) is 4.55 Å². The molecule has 3 nitrogen and oxygen atoms in total. The van der Waals surface area contributed by atoms with E-state index < -0.39 is 10.1 Å². The van der Waals surface area contributed by atoms with Gasteiger partial charge in [0.05, 0.1) is 4.90 Å². The van der Waals surface area contributed by atoms with E-state index in [0.29, 0.717) is 0 Å². The second kappa shape index (κ2) is 15.1. The van der Waals surface area contributed by atoms with Crippen molar-refractivity contribution < 1.29 is 13.0 Å². The minimum atomic E-state index is -4.00. The molecule has 0 amide bonds. The maximum Gasteiger partial charge on any atom is 0.294 e. The first kappa shape index (κ1) is 21.4. The molecule has 0 unspecified atom stereocenters. The van der Waals surface area contributed by atoms with Gasteiger partial charge in [-0.25, -0.2) is 0 Å². The molecule has 0 bridgehead atoms. The van der Waals surface area contributed by atoms with Crippen LogP contribution >= 0.6 is 0 Å². The molecule has 0 aliphatic carbocycles. The minimum absolute atomic E-state index is 0.0741. The lowest BCUT2D eigenvalue weighted by molar-refractivity contribution is 0.483. The summed E-state index contributed by atoms with van der Waals surface area (Å²) in [6, 6.07) is 7.42. The summed E-state index contributed by atoms with van der Waals surface area (Å²) in [6.45, 7) is 12.2. The van der Waals surface area contributed by atoms with Crippen LogP contribution in [-0.2, 0) is 10.1 Å². The van der Waals surface area contributed by atoms with Gasteiger partial charge in [0.1, 0.15) is 0 Å². The van der Waals surface area contributed by atoms with Crippen molar-refractivity contribution in [1.29, 1.82) is 0 Å². The van der Waals surface area contributed by atoms with Crippen molar-refractivity contribution in [1.82, 2.24) is 0 Å². The summed E-state index contributed by atoms with van der Waals surface area (Å²) < 4.78 is 29.2. The molecule has 0 atom stereocenters. The fourth-order valence-corrected chi connectivity index (χ4v) is 1.09. The van der Waals surface area contributed by atoms with Crippen LogP contribution in [-0.4, -0.2) is 13.0 Å². The summed E-state index contributed by atoms with van der Waals surface area (Å²) >= 11 is 0. The van der Waals surface area contributed by atoms with E-state index >= 15 is 0 Å². The molecule has 0 radical (unpaired) electrons. The number of rotatable bonds is 1. The van der Waals surface area contributed by atoms with Gasteiger partial charge < -0.3 is 0 Å². The minimum Gasteiger partial charge on any atom is -0.282 e. The molecule has 102 valence electrons. The van der Waals surface area contributed by atoms with Gasteiger partial charge in [-0.2, -0.15) is 8.42 Å². The molecule has 0 saturated carbocycles. The largest absolute Gasteiger partial charge is 0.294 e. The molecule has 1 aromatic carbocycles. The van der Waals surface area contributed by atoms with Crippen molar-refractivity contribution in [3.63, 3.8) is 0 Å². The van der Waals surface area contributed by atoms with Crippen LogP contribution in [0.15, 0.2) is 35.2 Å². The van der Waals surface area contributed by atoms with Gasteiger partial charge in [0.25, 0.3) is 10.1 Å². The third-order valence-corrected chi connectivity index (χ3v) is 1.91. The fourth-order valence-electron chi connectivity index (χ4n) is 0.592. The first-order chi connectivity index (χ1) is 8.02. The molecule has 0 aromatic heterocycles. The van der Waals surface area contributed by atoms with E-state index in [1.54, 1.807) is 18.2 Å². The molecule has 0 fully saturated rings. The van der Waals surface area contributed by atoms with Crippen LogP contribution in [0.5, 0.6) is 0 Å². The van der Waals surface area contributed by atoms with Gasteiger partial charge in [-0.15, -0.1) is 0 Å². The Hall–Kier alpha value is -0.870. The first-order valence-electron chi connectivity index (χ1n) is 6.04. The molecule has 0 spiro atoms. The summed E-state index contributed by atoms with van der Waals surface area (Å²) in [6.07, 6.45) is 1.25. The zero-order chi connectivity index (χ0) is 14.3. The smallest absolute Gasteiger partial charge is 0.282 e. The van der Waals surface area contributed by atoms with Gasteiger partial charge in [0.15, 0.2) is 0 Å². The molecular formula is C13H26O3S. The van der Waals surface area contributed by atoms with Crippen LogP contribution in [0.4, 0.5) is 0 Å². The highest BCUT2D eigenvalue weighted by molar-refractivity contribution is 7.85. The van der Waals surface area contributed by atoms with Crippen LogP contribution in [0.25, 0.3) is 0 Å². The summed E-state index contributed by atoms with van der Waals surface area (Å²) in [7, 11) is -4.00. The van der Waals surface area contributed by atoms with E-state index in [1.807, 2.05) is 27.7 Å². The molecule has 0 heterocycles. The molecule has 0 aliphatic rings. The summed E-state index contributed by atoms with van der Waals surface area (Å²) in [5.74, 6) is 0. The Bertz CT molecular complexity index is 318. The molecule has 1 aromatic rings. The van der Waals surface area contributed by atoms with E-state index in [2.05, 4.69) is 13.8 Å². The highest BCUT2D eigenvalue weighted by atomic mass is 32.2. The number of hydrogen-bond acceptors (Lipinski definition) is 2. The van der Waals surface area contributed by atoms with Crippen LogP contribution in [0.1, 0.15) is 48.0 Å². The van der Waals surface area contributed by atoms with Crippen LogP contribution < -0.4 is 0 Å². The van der Waals surface area contributed by atoms with E-state index in [1.165, 1.54) is 18.6 Å². The second-order valence-corrected chi connectivity index (χ2v) is 3.92. The maximum absolute atomic E-state index is 10.4. The fraction of sp³-hybridized carbons (Fsp3) is 0.538. The molecular weight excluding hydrogens is 236 g/mol. The Morgan fingerprint density at radius 1 is 0.941 bits per heavy atom. The SMILES string of the molecule is CC.CC.CCC.O=S(=O)(O)c1ccccc1. The monoisotopic (exact) mass is 262 g/mol. The average molecular weight is 262 g/mol. The van der Waals surface area contributed by atoms with Gasteiger partial charge in [-0.3, -0.25) is 4.55 Å². The Labute approximate surface area is 107 Å². The molecule has 1 N–H and O–H groups in total.